The van der Waals surface area contributed by atoms with E-state index in [1.165, 1.54) is 19.3 Å². The van der Waals surface area contributed by atoms with Gasteiger partial charge in [0.2, 0.25) is 5.91 Å². The topological polar surface area (TPSA) is 66.6 Å². The molecule has 7 heteroatoms. The van der Waals surface area contributed by atoms with Crippen LogP contribution in [-0.4, -0.2) is 56.8 Å². The number of nitrogens with zero attached hydrogens (tertiary/aromatic N) is 6. The van der Waals surface area contributed by atoms with Crippen molar-refractivity contribution in [3.8, 4) is 0 Å². The maximum Gasteiger partial charge on any atom is 0.223 e. The van der Waals surface area contributed by atoms with Crippen molar-refractivity contribution >= 4 is 17.4 Å². The Morgan fingerprint density at radius 2 is 1.85 bits per heavy atom. The fourth-order valence-corrected chi connectivity index (χ4v) is 4.34. The molecule has 4 rings (SSSR count). The molecule has 4 heterocycles. The third-order valence-electron chi connectivity index (χ3n) is 5.53. The van der Waals surface area contributed by atoms with E-state index in [1.807, 2.05) is 21.5 Å². The van der Waals surface area contributed by atoms with E-state index in [4.69, 9.17) is 5.10 Å². The van der Waals surface area contributed by atoms with Crippen molar-refractivity contribution in [1.29, 1.82) is 0 Å². The Morgan fingerprint density at radius 3 is 2.58 bits per heavy atom. The predicted molar refractivity (Wildman–Crippen MR) is 100 cm³/mol. The van der Waals surface area contributed by atoms with Crippen LogP contribution in [0, 0.1) is 11.8 Å². The van der Waals surface area contributed by atoms with Gasteiger partial charge >= 0.3 is 0 Å². The number of hydrogen-bond acceptors (Lipinski definition) is 5. The number of rotatable bonds is 4. The lowest BCUT2D eigenvalue weighted by Crippen LogP contribution is -2.42. The Bertz CT molecular complexity index is 771. The van der Waals surface area contributed by atoms with Gasteiger partial charge in [0.15, 0.2) is 11.5 Å². The van der Waals surface area contributed by atoms with Crippen LogP contribution < -0.4 is 4.90 Å². The van der Waals surface area contributed by atoms with E-state index in [1.54, 1.807) is 0 Å². The lowest BCUT2D eigenvalue weighted by molar-refractivity contribution is -0.133. The first kappa shape index (κ1) is 17.2. The molecule has 2 fully saturated rings. The van der Waals surface area contributed by atoms with Gasteiger partial charge in [0, 0.05) is 39.0 Å². The molecule has 0 spiro atoms. The Labute approximate surface area is 154 Å². The number of piperidine rings is 1. The summed E-state index contributed by atoms with van der Waals surface area (Å²) in [5.41, 5.74) is 0.746. The highest BCUT2D eigenvalue weighted by molar-refractivity contribution is 5.76. The van der Waals surface area contributed by atoms with Gasteiger partial charge < -0.3 is 9.80 Å². The van der Waals surface area contributed by atoms with Gasteiger partial charge in [-0.05, 0) is 43.2 Å². The molecule has 140 valence electrons. The lowest BCUT2D eigenvalue weighted by atomic mass is 9.91. The van der Waals surface area contributed by atoms with Crippen LogP contribution in [0.2, 0.25) is 0 Å². The van der Waals surface area contributed by atoms with Gasteiger partial charge in [-0.25, -0.2) is 0 Å². The summed E-state index contributed by atoms with van der Waals surface area (Å²) in [6.07, 6.45) is 4.69. The molecule has 2 aliphatic rings. The van der Waals surface area contributed by atoms with Crippen molar-refractivity contribution in [3.05, 3.63) is 18.0 Å². The van der Waals surface area contributed by atoms with Crippen LogP contribution in [0.5, 0.6) is 0 Å². The molecule has 0 saturated carbocycles. The average Bonchev–Trinajstić information content (AvgIpc) is 3.28. The molecule has 1 amide bonds. The van der Waals surface area contributed by atoms with Crippen LogP contribution in [0.1, 0.15) is 45.4 Å². The molecule has 2 aromatic heterocycles. The lowest BCUT2D eigenvalue weighted by Gasteiger charge is -2.35. The van der Waals surface area contributed by atoms with Gasteiger partial charge in [-0.3, -0.25) is 4.79 Å². The molecule has 2 aromatic rings. The van der Waals surface area contributed by atoms with Gasteiger partial charge in [0.05, 0.1) is 0 Å². The van der Waals surface area contributed by atoms with Gasteiger partial charge in [-0.15, -0.1) is 15.3 Å². The van der Waals surface area contributed by atoms with E-state index in [9.17, 15) is 4.79 Å². The molecule has 0 bridgehead atoms. The first-order valence-corrected chi connectivity index (χ1v) is 9.84. The van der Waals surface area contributed by atoms with Gasteiger partial charge in [-0.1, -0.05) is 13.8 Å². The van der Waals surface area contributed by atoms with Crippen LogP contribution in [-0.2, 0) is 11.2 Å². The second-order valence-electron chi connectivity index (χ2n) is 8.02. The zero-order valence-electron chi connectivity index (χ0n) is 15.8. The van der Waals surface area contributed by atoms with Crippen LogP contribution in [0.15, 0.2) is 12.1 Å². The molecule has 0 N–H and O–H groups in total. The molecule has 2 atom stereocenters. The number of amides is 1. The summed E-state index contributed by atoms with van der Waals surface area (Å²) < 4.78 is 1.81. The van der Waals surface area contributed by atoms with E-state index in [-0.39, 0.29) is 5.91 Å². The van der Waals surface area contributed by atoms with Crippen molar-refractivity contribution in [3.63, 3.8) is 0 Å². The highest BCUT2D eigenvalue weighted by Gasteiger charge is 2.25. The van der Waals surface area contributed by atoms with Crippen molar-refractivity contribution in [1.82, 2.24) is 24.7 Å². The number of likely N-dealkylation sites (tertiary alicyclic amines) is 1. The summed E-state index contributed by atoms with van der Waals surface area (Å²) in [5, 5.41) is 13.2. The molecular formula is C19H28N6O. The summed E-state index contributed by atoms with van der Waals surface area (Å²) in [7, 11) is 0. The highest BCUT2D eigenvalue weighted by atomic mass is 16.2. The van der Waals surface area contributed by atoms with E-state index in [0.29, 0.717) is 24.7 Å². The molecule has 7 nitrogen and oxygen atoms in total. The van der Waals surface area contributed by atoms with Gasteiger partial charge in [0.1, 0.15) is 5.82 Å². The summed E-state index contributed by atoms with van der Waals surface area (Å²) in [6, 6.07) is 3.98. The number of anilines is 1. The minimum absolute atomic E-state index is 0.218. The van der Waals surface area contributed by atoms with Crippen molar-refractivity contribution in [2.45, 2.75) is 46.0 Å². The summed E-state index contributed by atoms with van der Waals surface area (Å²) in [5.74, 6) is 3.13. The van der Waals surface area contributed by atoms with E-state index in [0.717, 1.165) is 43.5 Å². The first-order chi connectivity index (χ1) is 12.6. The fraction of sp³-hybridized carbons (Fsp3) is 0.684. The number of carbonyl (C=O) groups is 1. The SMILES string of the molecule is C[C@@H]1C[C@@H](C)CN(C(=O)CCc2nnc3ccc(N4CCCC4)nn23)C1. The highest BCUT2D eigenvalue weighted by Crippen LogP contribution is 2.22. The Hall–Kier alpha value is -2.18. The van der Waals surface area contributed by atoms with E-state index in [2.05, 4.69) is 28.9 Å². The zero-order valence-corrected chi connectivity index (χ0v) is 15.8. The molecule has 0 unspecified atom stereocenters. The largest absolute Gasteiger partial charge is 0.355 e. The van der Waals surface area contributed by atoms with Crippen LogP contribution in [0.4, 0.5) is 5.82 Å². The van der Waals surface area contributed by atoms with E-state index >= 15 is 0 Å². The fourth-order valence-electron chi connectivity index (χ4n) is 4.34. The Morgan fingerprint density at radius 1 is 1.12 bits per heavy atom. The molecule has 2 saturated heterocycles. The summed E-state index contributed by atoms with van der Waals surface area (Å²) >= 11 is 0. The van der Waals surface area contributed by atoms with Crippen LogP contribution >= 0.6 is 0 Å². The third-order valence-corrected chi connectivity index (χ3v) is 5.53. The molecular weight excluding hydrogens is 328 g/mol. The number of aryl methyl sites for hydroxylation is 1. The average molecular weight is 356 g/mol. The maximum absolute atomic E-state index is 12.6. The minimum atomic E-state index is 0.218. The summed E-state index contributed by atoms with van der Waals surface area (Å²) in [6.45, 7) is 8.32. The third kappa shape index (κ3) is 3.52. The number of fused-ring (bicyclic) bond motifs is 1. The maximum atomic E-state index is 12.6. The molecule has 26 heavy (non-hydrogen) atoms. The zero-order chi connectivity index (χ0) is 18.1. The first-order valence-electron chi connectivity index (χ1n) is 9.84. The van der Waals surface area contributed by atoms with E-state index < -0.39 is 0 Å². The molecule has 0 aromatic carbocycles. The van der Waals surface area contributed by atoms with Crippen LogP contribution in [0.3, 0.4) is 0 Å². The smallest absolute Gasteiger partial charge is 0.223 e. The summed E-state index contributed by atoms with van der Waals surface area (Å²) in [4.78, 5) is 17.0. The number of carbonyl (C=O) groups excluding carboxylic acids is 1. The Kier molecular flexibility index (Phi) is 4.78. The van der Waals surface area contributed by atoms with Crippen molar-refractivity contribution < 1.29 is 4.79 Å². The number of hydrogen-bond donors (Lipinski definition) is 0. The second-order valence-corrected chi connectivity index (χ2v) is 8.02. The second kappa shape index (κ2) is 7.21. The standard InChI is InChI=1S/C19H28N6O/c1-14-11-15(2)13-24(12-14)19(26)8-7-17-21-20-16-5-6-18(22-25(16)17)23-9-3-4-10-23/h5-6,14-15H,3-4,7-13H2,1-2H3/t14-,15-/m1/s1. The molecule has 2 aliphatic heterocycles. The van der Waals surface area contributed by atoms with Gasteiger partial charge in [-0.2, -0.15) is 4.52 Å². The van der Waals surface area contributed by atoms with Crippen molar-refractivity contribution in [2.75, 3.05) is 31.1 Å². The number of aromatic nitrogens is 4. The van der Waals surface area contributed by atoms with Crippen molar-refractivity contribution in [2.24, 2.45) is 11.8 Å². The molecule has 0 radical (unpaired) electrons. The Balaban J connectivity index is 1.45. The van der Waals surface area contributed by atoms with Crippen LogP contribution in [0.25, 0.3) is 5.65 Å². The molecule has 0 aliphatic carbocycles. The minimum Gasteiger partial charge on any atom is -0.355 e. The predicted octanol–water partition coefficient (Wildman–Crippen LogP) is 2.16. The monoisotopic (exact) mass is 356 g/mol. The van der Waals surface area contributed by atoms with Gasteiger partial charge in [0.25, 0.3) is 0 Å². The normalized spacial score (nSPS) is 23.8. The quantitative estimate of drug-likeness (QED) is 0.840.